The summed E-state index contributed by atoms with van der Waals surface area (Å²) < 4.78 is 0. The second-order valence-electron chi connectivity index (χ2n) is 8.22. The van der Waals surface area contributed by atoms with E-state index in [1.54, 1.807) is 32.9 Å². The zero-order valence-electron chi connectivity index (χ0n) is 15.2. The van der Waals surface area contributed by atoms with Crippen LogP contribution in [0, 0.1) is 5.41 Å². The molecule has 5 nitrogen and oxygen atoms in total. The predicted octanol–water partition coefficient (Wildman–Crippen LogP) is 2.30. The normalized spacial score (nSPS) is 15.6. The zero-order valence-corrected chi connectivity index (χ0v) is 18.5. The number of imide groups is 1. The Morgan fingerprint density at radius 3 is 1.76 bits per heavy atom. The van der Waals surface area contributed by atoms with E-state index in [-0.39, 0.29) is 44.4 Å². The Hall–Kier alpha value is -0.473. The second-order valence-corrected chi connectivity index (χ2v) is 8.22. The number of hydrogen-bond donors (Lipinski definition) is 2. The van der Waals surface area contributed by atoms with Crippen molar-refractivity contribution in [2.75, 3.05) is 0 Å². The number of rotatable bonds is 2. The molecule has 7 heteroatoms. The molecule has 0 aromatic heterocycles. The van der Waals surface area contributed by atoms with E-state index < -0.39 is 29.6 Å². The van der Waals surface area contributed by atoms with Crippen LogP contribution < -0.4 is 0 Å². The van der Waals surface area contributed by atoms with Gasteiger partial charge in [-0.2, -0.15) is 0 Å². The Balaban J connectivity index is 0.00000288. The van der Waals surface area contributed by atoms with Gasteiger partial charge in [0.25, 0.3) is 11.8 Å². The van der Waals surface area contributed by atoms with E-state index in [4.69, 9.17) is 0 Å². The van der Waals surface area contributed by atoms with Crippen molar-refractivity contribution in [1.29, 1.82) is 0 Å². The van der Waals surface area contributed by atoms with Gasteiger partial charge in [-0.25, -0.2) is 0 Å². The van der Waals surface area contributed by atoms with Crippen LogP contribution in [0.2, 0.25) is 0 Å². The first-order chi connectivity index (χ1) is 10.4. The topological polar surface area (TPSA) is 77.8 Å². The van der Waals surface area contributed by atoms with E-state index in [9.17, 15) is 19.8 Å². The monoisotopic (exact) mass is 525 g/mol. The van der Waals surface area contributed by atoms with Crippen LogP contribution in [-0.4, -0.2) is 39.3 Å². The number of fused-ring (bicyclic) bond motifs is 1. The first-order valence-electron chi connectivity index (χ1n) is 7.74. The Morgan fingerprint density at radius 1 is 0.880 bits per heavy atom. The first kappa shape index (κ1) is 24.5. The maximum Gasteiger partial charge on any atom is 0.262 e. The van der Waals surface area contributed by atoms with E-state index in [1.165, 1.54) is 0 Å². The van der Waals surface area contributed by atoms with Crippen molar-refractivity contribution in [3.63, 3.8) is 0 Å². The molecule has 0 spiro atoms. The fraction of sp³-hybridized carbons (Fsp3) is 0.556. The maximum atomic E-state index is 12.8. The SMILES string of the molecule is CC(C)(C)c1ccc2c(c1)C(=O)N([C@H](C(O)O)C(C)(C)C)C2=O.[Rh].[Rh]. The first-order valence-corrected chi connectivity index (χ1v) is 7.74. The summed E-state index contributed by atoms with van der Waals surface area (Å²) in [5, 5.41) is 19.4. The minimum Gasteiger partial charge on any atom is -0.366 e. The van der Waals surface area contributed by atoms with Crippen molar-refractivity contribution >= 4 is 11.8 Å². The molecule has 0 unspecified atom stereocenters. The van der Waals surface area contributed by atoms with Crippen molar-refractivity contribution in [1.82, 2.24) is 4.90 Å². The van der Waals surface area contributed by atoms with Gasteiger partial charge in [0, 0.05) is 39.0 Å². The number of carbonyl (C=O) groups is 2. The van der Waals surface area contributed by atoms with Gasteiger partial charge >= 0.3 is 0 Å². The van der Waals surface area contributed by atoms with Crippen LogP contribution >= 0.6 is 0 Å². The molecule has 0 saturated heterocycles. The number of aliphatic hydroxyl groups is 2. The van der Waals surface area contributed by atoms with E-state index in [1.807, 2.05) is 26.8 Å². The fourth-order valence-corrected chi connectivity index (χ4v) is 2.95. The number of carbonyl (C=O) groups excluding carboxylic acids is 2. The van der Waals surface area contributed by atoms with Crippen LogP contribution in [0.3, 0.4) is 0 Å². The molecule has 1 heterocycles. The molecule has 1 aromatic rings. The van der Waals surface area contributed by atoms with Crippen molar-refractivity contribution in [2.45, 2.75) is 59.3 Å². The molecule has 1 aromatic carbocycles. The molecule has 2 radical (unpaired) electrons. The summed E-state index contributed by atoms with van der Waals surface area (Å²) in [4.78, 5) is 26.4. The molecule has 0 saturated carbocycles. The molecule has 2 amide bonds. The van der Waals surface area contributed by atoms with Gasteiger partial charge in [-0.1, -0.05) is 47.6 Å². The summed E-state index contributed by atoms with van der Waals surface area (Å²) in [6.07, 6.45) is -1.79. The van der Waals surface area contributed by atoms with Crippen molar-refractivity contribution in [3.8, 4) is 0 Å². The van der Waals surface area contributed by atoms with Crippen LogP contribution in [0.15, 0.2) is 18.2 Å². The Kier molecular flexibility index (Phi) is 7.89. The zero-order chi connectivity index (χ0) is 17.7. The number of amides is 2. The Bertz CT molecular complexity index is 660. The fourth-order valence-electron chi connectivity index (χ4n) is 2.95. The van der Waals surface area contributed by atoms with Crippen LogP contribution in [0.5, 0.6) is 0 Å². The Labute approximate surface area is 174 Å². The molecular formula is C18H25NO4Rh2. The average Bonchev–Trinajstić information content (AvgIpc) is 2.61. The molecule has 25 heavy (non-hydrogen) atoms. The van der Waals surface area contributed by atoms with Crippen LogP contribution in [0.4, 0.5) is 0 Å². The van der Waals surface area contributed by atoms with Gasteiger partial charge in [0.05, 0.1) is 17.2 Å². The van der Waals surface area contributed by atoms with Crippen molar-refractivity contribution in [2.24, 2.45) is 5.41 Å². The minimum atomic E-state index is -1.79. The van der Waals surface area contributed by atoms with Crippen LogP contribution in [0.1, 0.15) is 67.8 Å². The van der Waals surface area contributed by atoms with Gasteiger partial charge in [0.15, 0.2) is 6.29 Å². The third-order valence-electron chi connectivity index (χ3n) is 4.23. The van der Waals surface area contributed by atoms with E-state index in [0.29, 0.717) is 11.1 Å². The van der Waals surface area contributed by atoms with Gasteiger partial charge in [-0.05, 0) is 28.5 Å². The summed E-state index contributed by atoms with van der Waals surface area (Å²) in [6.45, 7) is 11.4. The standard InChI is InChI=1S/C18H25NO4.2Rh/c1-17(2,3)10-7-8-11-12(9-10)15(21)19(14(11)20)13(16(22)23)18(4,5)6;;/h7-9,13,16,22-23H,1-6H3;;/t13-;;/m1../s1. The van der Waals surface area contributed by atoms with Crippen LogP contribution in [-0.2, 0) is 44.4 Å². The predicted molar refractivity (Wildman–Crippen MR) is 87.1 cm³/mol. The molecule has 2 rings (SSSR count). The molecule has 1 aliphatic rings. The summed E-state index contributed by atoms with van der Waals surface area (Å²) in [7, 11) is 0. The minimum absolute atomic E-state index is 0. The van der Waals surface area contributed by atoms with Gasteiger partial charge in [-0.3, -0.25) is 14.5 Å². The number of aliphatic hydroxyl groups excluding tert-OH is 1. The van der Waals surface area contributed by atoms with E-state index in [0.717, 1.165) is 10.5 Å². The smallest absolute Gasteiger partial charge is 0.262 e. The van der Waals surface area contributed by atoms with Gasteiger partial charge < -0.3 is 10.2 Å². The third kappa shape index (κ3) is 4.63. The quantitative estimate of drug-likeness (QED) is 0.353. The molecular weight excluding hydrogens is 500 g/mol. The average molecular weight is 525 g/mol. The summed E-state index contributed by atoms with van der Waals surface area (Å²) >= 11 is 0. The molecule has 0 fully saturated rings. The van der Waals surface area contributed by atoms with Gasteiger partial charge in [0.2, 0.25) is 0 Å². The summed E-state index contributed by atoms with van der Waals surface area (Å²) in [5.41, 5.74) is 0.798. The maximum absolute atomic E-state index is 12.8. The second kappa shape index (κ2) is 8.04. The third-order valence-corrected chi connectivity index (χ3v) is 4.23. The van der Waals surface area contributed by atoms with Crippen molar-refractivity contribution in [3.05, 3.63) is 34.9 Å². The number of benzene rings is 1. The van der Waals surface area contributed by atoms with Gasteiger partial charge in [0.1, 0.15) is 0 Å². The number of hydrogen-bond acceptors (Lipinski definition) is 4. The summed E-state index contributed by atoms with van der Waals surface area (Å²) in [5.74, 6) is -0.942. The van der Waals surface area contributed by atoms with Gasteiger partial charge in [-0.15, -0.1) is 0 Å². The summed E-state index contributed by atoms with van der Waals surface area (Å²) in [6, 6.07) is 4.22. The van der Waals surface area contributed by atoms with Crippen LogP contribution in [0.25, 0.3) is 0 Å². The Morgan fingerprint density at radius 2 is 1.36 bits per heavy atom. The molecule has 2 N–H and O–H groups in total. The molecule has 1 aliphatic heterocycles. The van der Waals surface area contributed by atoms with E-state index in [2.05, 4.69) is 0 Å². The molecule has 0 aliphatic carbocycles. The molecule has 0 bridgehead atoms. The number of nitrogens with zero attached hydrogens (tertiary/aromatic N) is 1. The molecule has 1 atom stereocenters. The molecule has 144 valence electrons. The largest absolute Gasteiger partial charge is 0.366 e. The van der Waals surface area contributed by atoms with E-state index >= 15 is 0 Å². The van der Waals surface area contributed by atoms with Crippen molar-refractivity contribution < 1.29 is 58.8 Å².